The number of carbonyl (C=O) groups excluding carboxylic acids is 1. The van der Waals surface area contributed by atoms with Crippen molar-refractivity contribution < 1.29 is 14.3 Å². The lowest BCUT2D eigenvalue weighted by atomic mass is 10.0. The highest BCUT2D eigenvalue weighted by Gasteiger charge is 2.32. The molecule has 1 aromatic rings. The van der Waals surface area contributed by atoms with E-state index in [9.17, 15) is 4.79 Å². The predicted molar refractivity (Wildman–Crippen MR) is 87.0 cm³/mol. The van der Waals surface area contributed by atoms with Gasteiger partial charge in [0.2, 0.25) is 0 Å². The molecule has 5 nitrogen and oxygen atoms in total. The molecule has 0 radical (unpaired) electrons. The number of hydrogen-bond donors (Lipinski definition) is 1. The second kappa shape index (κ2) is 6.13. The van der Waals surface area contributed by atoms with Crippen LogP contribution in [0.5, 0.6) is 5.75 Å². The standard InChI is InChI=1S/C18H24N2O3/c1-12-4-5-16(15-6-8-22-17(12)15)18(21)19-9-14-10-20-7-2-3-13(20)11-23-14/h4-5,13-14H,2-3,6-11H2,1H3,(H,19,21). The van der Waals surface area contributed by atoms with Crippen LogP contribution in [0.4, 0.5) is 0 Å². The Bertz CT molecular complexity index is 617. The monoisotopic (exact) mass is 316 g/mol. The first-order chi connectivity index (χ1) is 11.2. The molecule has 2 fully saturated rings. The largest absolute Gasteiger partial charge is 0.493 e. The smallest absolute Gasteiger partial charge is 0.251 e. The van der Waals surface area contributed by atoms with Gasteiger partial charge in [-0.15, -0.1) is 0 Å². The molecule has 3 aliphatic rings. The topological polar surface area (TPSA) is 50.8 Å². The van der Waals surface area contributed by atoms with E-state index >= 15 is 0 Å². The van der Waals surface area contributed by atoms with Crippen molar-refractivity contribution in [2.45, 2.75) is 38.3 Å². The number of rotatable bonds is 3. The number of fused-ring (bicyclic) bond motifs is 2. The highest BCUT2D eigenvalue weighted by molar-refractivity contribution is 5.96. The molecular weight excluding hydrogens is 292 g/mol. The van der Waals surface area contributed by atoms with Gasteiger partial charge in [-0.1, -0.05) is 6.07 Å². The summed E-state index contributed by atoms with van der Waals surface area (Å²) in [7, 11) is 0. The lowest BCUT2D eigenvalue weighted by molar-refractivity contribution is -0.0461. The molecule has 0 aromatic heterocycles. The van der Waals surface area contributed by atoms with E-state index in [4.69, 9.17) is 9.47 Å². The van der Waals surface area contributed by atoms with Crippen LogP contribution in [0.1, 0.15) is 34.3 Å². The molecular formula is C18H24N2O3. The molecule has 3 heterocycles. The lowest BCUT2D eigenvalue weighted by Crippen LogP contribution is -2.50. The fourth-order valence-electron chi connectivity index (χ4n) is 3.97. The van der Waals surface area contributed by atoms with Crippen molar-refractivity contribution in [3.05, 3.63) is 28.8 Å². The van der Waals surface area contributed by atoms with Crippen LogP contribution in [-0.2, 0) is 11.2 Å². The van der Waals surface area contributed by atoms with E-state index in [1.165, 1.54) is 19.4 Å². The minimum Gasteiger partial charge on any atom is -0.493 e. The van der Waals surface area contributed by atoms with Gasteiger partial charge in [-0.3, -0.25) is 9.69 Å². The summed E-state index contributed by atoms with van der Waals surface area (Å²) in [5.41, 5.74) is 2.90. The molecule has 0 saturated carbocycles. The van der Waals surface area contributed by atoms with Crippen LogP contribution in [0.3, 0.4) is 0 Å². The first kappa shape index (κ1) is 15.0. The van der Waals surface area contributed by atoms with Gasteiger partial charge in [-0.05, 0) is 37.9 Å². The van der Waals surface area contributed by atoms with Gasteiger partial charge < -0.3 is 14.8 Å². The third-order valence-corrected chi connectivity index (χ3v) is 5.25. The molecule has 3 aliphatic heterocycles. The molecule has 4 rings (SSSR count). The molecule has 23 heavy (non-hydrogen) atoms. The van der Waals surface area contributed by atoms with Crippen molar-refractivity contribution in [2.75, 3.05) is 32.8 Å². The van der Waals surface area contributed by atoms with E-state index in [1.807, 2.05) is 19.1 Å². The summed E-state index contributed by atoms with van der Waals surface area (Å²) in [6.07, 6.45) is 3.43. The number of carbonyl (C=O) groups is 1. The second-order valence-corrected chi connectivity index (χ2v) is 6.79. The zero-order valence-electron chi connectivity index (χ0n) is 13.6. The van der Waals surface area contributed by atoms with Crippen LogP contribution in [0.15, 0.2) is 12.1 Å². The Kier molecular flexibility index (Phi) is 3.99. The Labute approximate surface area is 136 Å². The maximum Gasteiger partial charge on any atom is 0.251 e. The van der Waals surface area contributed by atoms with Gasteiger partial charge in [-0.25, -0.2) is 0 Å². The van der Waals surface area contributed by atoms with Crippen molar-refractivity contribution in [1.82, 2.24) is 10.2 Å². The molecule has 0 aliphatic carbocycles. The highest BCUT2D eigenvalue weighted by atomic mass is 16.5. The van der Waals surface area contributed by atoms with Gasteiger partial charge in [0.1, 0.15) is 5.75 Å². The zero-order chi connectivity index (χ0) is 15.8. The van der Waals surface area contributed by atoms with Crippen LogP contribution in [-0.4, -0.2) is 55.8 Å². The molecule has 0 spiro atoms. The van der Waals surface area contributed by atoms with Gasteiger partial charge in [0.05, 0.1) is 19.3 Å². The van der Waals surface area contributed by atoms with Crippen LogP contribution in [0.25, 0.3) is 0 Å². The summed E-state index contributed by atoms with van der Waals surface area (Å²) >= 11 is 0. The molecule has 1 aromatic carbocycles. The third kappa shape index (κ3) is 2.83. The molecule has 1 N–H and O–H groups in total. The van der Waals surface area contributed by atoms with Gasteiger partial charge in [0.15, 0.2) is 0 Å². The SMILES string of the molecule is Cc1ccc(C(=O)NCC2CN3CCCC3CO2)c2c1OCC2. The Hall–Kier alpha value is -1.59. The summed E-state index contributed by atoms with van der Waals surface area (Å²) < 4.78 is 11.6. The predicted octanol–water partition coefficient (Wildman–Crippen LogP) is 1.52. The number of ether oxygens (including phenoxy) is 2. The fraction of sp³-hybridized carbons (Fsp3) is 0.611. The Morgan fingerprint density at radius 3 is 3.26 bits per heavy atom. The van der Waals surface area contributed by atoms with E-state index in [0.717, 1.165) is 42.0 Å². The molecule has 2 atom stereocenters. The molecule has 2 saturated heterocycles. The van der Waals surface area contributed by atoms with E-state index < -0.39 is 0 Å². The quantitative estimate of drug-likeness (QED) is 0.919. The van der Waals surface area contributed by atoms with Gasteiger partial charge >= 0.3 is 0 Å². The minimum absolute atomic E-state index is 0.0149. The minimum atomic E-state index is -0.0149. The summed E-state index contributed by atoms with van der Waals surface area (Å²) in [5, 5.41) is 3.05. The van der Waals surface area contributed by atoms with Gasteiger partial charge in [0, 0.05) is 36.7 Å². The van der Waals surface area contributed by atoms with E-state index in [1.54, 1.807) is 0 Å². The number of nitrogens with one attached hydrogen (secondary N) is 1. The fourth-order valence-corrected chi connectivity index (χ4v) is 3.97. The maximum atomic E-state index is 12.6. The average Bonchev–Trinajstić information content (AvgIpc) is 3.21. The second-order valence-electron chi connectivity index (χ2n) is 6.79. The van der Waals surface area contributed by atoms with Gasteiger partial charge in [0.25, 0.3) is 5.91 Å². The summed E-state index contributed by atoms with van der Waals surface area (Å²) in [6.45, 7) is 6.16. The van der Waals surface area contributed by atoms with Crippen molar-refractivity contribution >= 4 is 5.91 Å². The van der Waals surface area contributed by atoms with E-state index in [2.05, 4.69) is 10.2 Å². The van der Waals surface area contributed by atoms with Crippen molar-refractivity contribution in [3.8, 4) is 5.75 Å². The van der Waals surface area contributed by atoms with Crippen LogP contribution in [0.2, 0.25) is 0 Å². The Balaban J connectivity index is 1.38. The maximum absolute atomic E-state index is 12.6. The van der Waals surface area contributed by atoms with Crippen LogP contribution >= 0.6 is 0 Å². The average molecular weight is 316 g/mol. The molecule has 2 unspecified atom stereocenters. The number of hydrogen-bond acceptors (Lipinski definition) is 4. The lowest BCUT2D eigenvalue weighted by Gasteiger charge is -2.35. The number of nitrogens with zero attached hydrogens (tertiary/aromatic N) is 1. The molecule has 124 valence electrons. The number of morpholine rings is 1. The Morgan fingerprint density at radius 1 is 1.43 bits per heavy atom. The van der Waals surface area contributed by atoms with Crippen molar-refractivity contribution in [3.63, 3.8) is 0 Å². The van der Waals surface area contributed by atoms with Crippen LogP contribution in [0, 0.1) is 6.92 Å². The molecule has 1 amide bonds. The number of benzene rings is 1. The zero-order valence-corrected chi connectivity index (χ0v) is 13.6. The third-order valence-electron chi connectivity index (χ3n) is 5.25. The molecule has 5 heteroatoms. The first-order valence-electron chi connectivity index (χ1n) is 8.61. The highest BCUT2D eigenvalue weighted by Crippen LogP contribution is 2.32. The van der Waals surface area contributed by atoms with E-state index in [0.29, 0.717) is 19.2 Å². The van der Waals surface area contributed by atoms with E-state index in [-0.39, 0.29) is 12.0 Å². The molecule has 0 bridgehead atoms. The number of amides is 1. The van der Waals surface area contributed by atoms with Crippen LogP contribution < -0.4 is 10.1 Å². The normalized spacial score (nSPS) is 26.5. The van der Waals surface area contributed by atoms with Crippen molar-refractivity contribution in [2.24, 2.45) is 0 Å². The summed E-state index contributed by atoms with van der Waals surface area (Å²) in [6, 6.07) is 4.47. The summed E-state index contributed by atoms with van der Waals surface area (Å²) in [4.78, 5) is 15.0. The summed E-state index contributed by atoms with van der Waals surface area (Å²) in [5.74, 6) is 0.880. The number of aryl methyl sites for hydroxylation is 1. The first-order valence-corrected chi connectivity index (χ1v) is 8.61. The van der Waals surface area contributed by atoms with Crippen molar-refractivity contribution in [1.29, 1.82) is 0 Å². The Morgan fingerprint density at radius 2 is 2.35 bits per heavy atom. The van der Waals surface area contributed by atoms with Gasteiger partial charge in [-0.2, -0.15) is 0 Å².